The van der Waals surface area contributed by atoms with Gasteiger partial charge in [-0.25, -0.2) is 0 Å². The van der Waals surface area contributed by atoms with Crippen LogP contribution < -0.4 is 0 Å². The molecule has 90 valence electrons. The van der Waals surface area contributed by atoms with Crippen LogP contribution in [-0.2, 0) is 0 Å². The van der Waals surface area contributed by atoms with Crippen LogP contribution in [0.25, 0.3) is 10.9 Å². The molecular formula is C15H20N2. The number of aromatic amines is 1. The molecule has 17 heavy (non-hydrogen) atoms. The minimum absolute atomic E-state index is 0.594. The molecule has 2 heterocycles. The lowest BCUT2D eigenvalue weighted by Crippen LogP contribution is -2.26. The van der Waals surface area contributed by atoms with Gasteiger partial charge in [0.05, 0.1) is 0 Å². The Morgan fingerprint density at radius 3 is 2.88 bits per heavy atom. The number of rotatable bonds is 2. The molecule has 0 saturated carbocycles. The zero-order chi connectivity index (χ0) is 11.8. The molecule has 1 saturated heterocycles. The highest BCUT2D eigenvalue weighted by atomic mass is 15.2. The number of benzene rings is 1. The summed E-state index contributed by atoms with van der Waals surface area (Å²) >= 11 is 0. The van der Waals surface area contributed by atoms with E-state index in [1.807, 2.05) is 0 Å². The number of likely N-dealkylation sites (tertiary alicyclic amines) is 1. The third-order valence-corrected chi connectivity index (χ3v) is 4.29. The van der Waals surface area contributed by atoms with E-state index < -0.39 is 0 Å². The number of hydrogen-bond donors (Lipinski definition) is 1. The van der Waals surface area contributed by atoms with Gasteiger partial charge in [-0.05, 0) is 37.9 Å². The maximum Gasteiger partial charge on any atom is 0.0457 e. The molecule has 0 radical (unpaired) electrons. The second kappa shape index (κ2) is 4.19. The maximum atomic E-state index is 3.39. The molecule has 2 aromatic rings. The Morgan fingerprint density at radius 1 is 1.29 bits per heavy atom. The highest BCUT2D eigenvalue weighted by Gasteiger charge is 2.31. The maximum absolute atomic E-state index is 3.39. The van der Waals surface area contributed by atoms with Crippen LogP contribution in [-0.4, -0.2) is 23.0 Å². The highest BCUT2D eigenvalue weighted by molar-refractivity contribution is 5.83. The van der Waals surface area contributed by atoms with Gasteiger partial charge in [-0.2, -0.15) is 0 Å². The van der Waals surface area contributed by atoms with Crippen molar-refractivity contribution < 1.29 is 0 Å². The Morgan fingerprint density at radius 2 is 2.12 bits per heavy atom. The number of para-hydroxylation sites is 1. The van der Waals surface area contributed by atoms with E-state index in [1.54, 1.807) is 0 Å². The van der Waals surface area contributed by atoms with E-state index in [0.29, 0.717) is 6.04 Å². The van der Waals surface area contributed by atoms with Gasteiger partial charge in [0.1, 0.15) is 0 Å². The summed E-state index contributed by atoms with van der Waals surface area (Å²) in [5, 5.41) is 1.39. The average molecular weight is 228 g/mol. The molecular weight excluding hydrogens is 208 g/mol. The van der Waals surface area contributed by atoms with E-state index in [4.69, 9.17) is 0 Å². The first kappa shape index (κ1) is 10.8. The third-order valence-electron chi connectivity index (χ3n) is 4.29. The fourth-order valence-electron chi connectivity index (χ4n) is 3.25. The minimum atomic E-state index is 0.594. The molecule has 0 unspecified atom stereocenters. The van der Waals surface area contributed by atoms with Gasteiger partial charge in [0, 0.05) is 29.2 Å². The summed E-state index contributed by atoms with van der Waals surface area (Å²) in [6.45, 7) is 2.29. The smallest absolute Gasteiger partial charge is 0.0457 e. The fraction of sp³-hybridized carbons (Fsp3) is 0.467. The van der Waals surface area contributed by atoms with Gasteiger partial charge in [-0.3, -0.25) is 4.90 Å². The summed E-state index contributed by atoms with van der Waals surface area (Å²) in [5.74, 6) is 0. The standard InChI is InChI=1S/C15H20N2/c1-3-11-8-9-15(17(11)2)13-10-16-14-7-5-4-6-12(13)14/h4-7,10-11,15-16H,3,8-9H2,1-2H3/t11-,15+/m0/s1. The Kier molecular flexibility index (Phi) is 2.67. The van der Waals surface area contributed by atoms with Crippen molar-refractivity contribution in [2.24, 2.45) is 0 Å². The number of H-pyrrole nitrogens is 1. The van der Waals surface area contributed by atoms with Crippen LogP contribution in [0, 0.1) is 0 Å². The van der Waals surface area contributed by atoms with Gasteiger partial charge in [0.25, 0.3) is 0 Å². The molecule has 0 bridgehead atoms. The van der Waals surface area contributed by atoms with E-state index in [9.17, 15) is 0 Å². The van der Waals surface area contributed by atoms with Gasteiger partial charge in [0.2, 0.25) is 0 Å². The fourth-order valence-corrected chi connectivity index (χ4v) is 3.25. The molecule has 2 heteroatoms. The van der Waals surface area contributed by atoms with E-state index in [0.717, 1.165) is 6.04 Å². The summed E-state index contributed by atoms with van der Waals surface area (Å²) in [7, 11) is 2.27. The van der Waals surface area contributed by atoms with Gasteiger partial charge in [-0.15, -0.1) is 0 Å². The van der Waals surface area contributed by atoms with Crippen molar-refractivity contribution in [3.05, 3.63) is 36.0 Å². The van der Waals surface area contributed by atoms with E-state index >= 15 is 0 Å². The van der Waals surface area contributed by atoms with Gasteiger partial charge in [-0.1, -0.05) is 25.1 Å². The number of aromatic nitrogens is 1. The van der Waals surface area contributed by atoms with Crippen LogP contribution in [0.4, 0.5) is 0 Å². The van der Waals surface area contributed by atoms with Crippen molar-refractivity contribution in [3.63, 3.8) is 0 Å². The predicted molar refractivity (Wildman–Crippen MR) is 72.1 cm³/mol. The summed E-state index contributed by atoms with van der Waals surface area (Å²) in [6, 6.07) is 9.96. The molecule has 2 atom stereocenters. The molecule has 1 aromatic carbocycles. The first-order chi connectivity index (χ1) is 8.31. The topological polar surface area (TPSA) is 19.0 Å². The summed E-state index contributed by atoms with van der Waals surface area (Å²) in [5.41, 5.74) is 2.73. The van der Waals surface area contributed by atoms with Crippen LogP contribution in [0.5, 0.6) is 0 Å². The molecule has 0 spiro atoms. The van der Waals surface area contributed by atoms with Crippen LogP contribution in [0.1, 0.15) is 37.8 Å². The van der Waals surface area contributed by atoms with Gasteiger partial charge in [0.15, 0.2) is 0 Å². The molecule has 0 amide bonds. The summed E-state index contributed by atoms with van der Waals surface area (Å²) < 4.78 is 0. The van der Waals surface area contributed by atoms with Crippen molar-refractivity contribution in [3.8, 4) is 0 Å². The van der Waals surface area contributed by atoms with Crippen molar-refractivity contribution in [2.45, 2.75) is 38.3 Å². The molecule has 1 aliphatic heterocycles. The van der Waals surface area contributed by atoms with Crippen molar-refractivity contribution in [1.29, 1.82) is 0 Å². The average Bonchev–Trinajstić information content (AvgIpc) is 2.92. The predicted octanol–water partition coefficient (Wildman–Crippen LogP) is 3.71. The Labute approximate surface area is 103 Å². The molecule has 1 fully saturated rings. The molecule has 3 rings (SSSR count). The second-order valence-corrected chi connectivity index (χ2v) is 5.11. The van der Waals surface area contributed by atoms with Gasteiger partial charge < -0.3 is 4.98 Å². The van der Waals surface area contributed by atoms with E-state index in [-0.39, 0.29) is 0 Å². The first-order valence-electron chi connectivity index (χ1n) is 6.59. The number of hydrogen-bond acceptors (Lipinski definition) is 1. The zero-order valence-electron chi connectivity index (χ0n) is 10.6. The lowest BCUT2D eigenvalue weighted by atomic mass is 10.0. The van der Waals surface area contributed by atoms with Crippen molar-refractivity contribution >= 4 is 10.9 Å². The van der Waals surface area contributed by atoms with Gasteiger partial charge >= 0.3 is 0 Å². The molecule has 1 aromatic heterocycles. The normalized spacial score (nSPS) is 25.8. The Hall–Kier alpha value is -1.28. The number of nitrogens with zero attached hydrogens (tertiary/aromatic N) is 1. The largest absolute Gasteiger partial charge is 0.361 e. The molecule has 1 aliphatic rings. The molecule has 2 nitrogen and oxygen atoms in total. The second-order valence-electron chi connectivity index (χ2n) is 5.11. The van der Waals surface area contributed by atoms with Crippen LogP contribution >= 0.6 is 0 Å². The number of fused-ring (bicyclic) bond motifs is 1. The minimum Gasteiger partial charge on any atom is -0.361 e. The summed E-state index contributed by atoms with van der Waals surface area (Å²) in [6.07, 6.45) is 6.08. The van der Waals surface area contributed by atoms with Crippen LogP contribution in [0.2, 0.25) is 0 Å². The lowest BCUT2D eigenvalue weighted by Gasteiger charge is -2.24. The van der Waals surface area contributed by atoms with E-state index in [2.05, 4.69) is 54.3 Å². The quantitative estimate of drug-likeness (QED) is 0.830. The molecule has 0 aliphatic carbocycles. The lowest BCUT2D eigenvalue weighted by molar-refractivity contribution is 0.239. The van der Waals surface area contributed by atoms with Crippen LogP contribution in [0.3, 0.4) is 0 Å². The highest BCUT2D eigenvalue weighted by Crippen LogP contribution is 2.38. The Balaban J connectivity index is 1.99. The SMILES string of the molecule is CC[C@H]1CC[C@H](c2c[nH]c3ccccc23)N1C. The number of nitrogens with one attached hydrogen (secondary N) is 1. The van der Waals surface area contributed by atoms with Crippen molar-refractivity contribution in [2.75, 3.05) is 7.05 Å². The summed E-state index contributed by atoms with van der Waals surface area (Å²) in [4.78, 5) is 5.94. The zero-order valence-corrected chi connectivity index (χ0v) is 10.6. The van der Waals surface area contributed by atoms with Crippen LogP contribution in [0.15, 0.2) is 30.5 Å². The van der Waals surface area contributed by atoms with Crippen molar-refractivity contribution in [1.82, 2.24) is 9.88 Å². The third kappa shape index (κ3) is 1.67. The monoisotopic (exact) mass is 228 g/mol. The first-order valence-corrected chi connectivity index (χ1v) is 6.59. The Bertz CT molecular complexity index is 514. The molecule has 1 N–H and O–H groups in total. The van der Waals surface area contributed by atoms with E-state index in [1.165, 1.54) is 35.7 Å².